The minimum absolute atomic E-state index is 0.0924. The Labute approximate surface area is 108 Å². The van der Waals surface area contributed by atoms with Gasteiger partial charge in [0, 0.05) is 19.6 Å². The van der Waals surface area contributed by atoms with Gasteiger partial charge in [0.25, 0.3) is 5.91 Å². The summed E-state index contributed by atoms with van der Waals surface area (Å²) in [7, 11) is 0. The van der Waals surface area contributed by atoms with Gasteiger partial charge in [0.05, 0.1) is 18.3 Å². The third-order valence-electron chi connectivity index (χ3n) is 3.51. The van der Waals surface area contributed by atoms with Crippen molar-refractivity contribution in [1.82, 2.24) is 10.3 Å². The predicted molar refractivity (Wildman–Crippen MR) is 66.7 cm³/mol. The van der Waals surface area contributed by atoms with Gasteiger partial charge in [-0.15, -0.1) is 0 Å². The zero-order valence-electron chi connectivity index (χ0n) is 11.1. The molecule has 2 aliphatic rings. The van der Waals surface area contributed by atoms with Gasteiger partial charge in [0.15, 0.2) is 0 Å². The highest BCUT2D eigenvalue weighted by molar-refractivity contribution is 5.80. The smallest absolute Gasteiger partial charge is 0.263 e. The summed E-state index contributed by atoms with van der Waals surface area (Å²) in [6, 6.07) is 0. The molecule has 104 valence electrons. The molecule has 1 amide bonds. The molecule has 0 aromatic heterocycles. The van der Waals surface area contributed by atoms with E-state index < -0.39 is 0 Å². The van der Waals surface area contributed by atoms with Gasteiger partial charge < -0.3 is 9.47 Å². The summed E-state index contributed by atoms with van der Waals surface area (Å²) in [6.45, 7) is 7.64. The van der Waals surface area contributed by atoms with Crippen LogP contribution in [0.5, 0.6) is 0 Å². The molecular formula is C12H23N3O3. The molecule has 2 saturated heterocycles. The number of ether oxygens (including phenoxy) is 2. The molecule has 2 atom stereocenters. The molecule has 0 aromatic carbocycles. The molecule has 2 heterocycles. The van der Waals surface area contributed by atoms with Gasteiger partial charge in [-0.1, -0.05) is 0 Å². The third-order valence-corrected chi connectivity index (χ3v) is 3.51. The van der Waals surface area contributed by atoms with E-state index in [1.54, 1.807) is 0 Å². The Morgan fingerprint density at radius 3 is 2.94 bits per heavy atom. The zero-order chi connectivity index (χ0) is 13.2. The highest BCUT2D eigenvalue weighted by atomic mass is 16.5. The highest BCUT2D eigenvalue weighted by Gasteiger charge is 2.34. The molecule has 3 N–H and O–H groups in total. The fourth-order valence-electron chi connectivity index (χ4n) is 2.68. The molecule has 0 bridgehead atoms. The summed E-state index contributed by atoms with van der Waals surface area (Å²) in [4.78, 5) is 13.7. The van der Waals surface area contributed by atoms with Crippen molar-refractivity contribution in [1.29, 1.82) is 0 Å². The fraction of sp³-hybridized carbons (Fsp3) is 0.917. The van der Waals surface area contributed by atoms with Crippen LogP contribution in [0, 0.1) is 0 Å². The number of nitrogens with zero attached hydrogens (tertiary/aromatic N) is 1. The summed E-state index contributed by atoms with van der Waals surface area (Å²) in [5.41, 5.74) is 2.05. The molecule has 0 saturated carbocycles. The van der Waals surface area contributed by atoms with Gasteiger partial charge in [0.1, 0.15) is 6.10 Å². The number of nitrogens with two attached hydrogens (primary N) is 1. The van der Waals surface area contributed by atoms with Crippen molar-refractivity contribution in [2.24, 2.45) is 5.84 Å². The number of hydrogen-bond acceptors (Lipinski definition) is 5. The van der Waals surface area contributed by atoms with Gasteiger partial charge in [-0.2, -0.15) is 0 Å². The molecule has 0 spiro atoms. The van der Waals surface area contributed by atoms with Gasteiger partial charge in [-0.25, -0.2) is 5.84 Å². The van der Waals surface area contributed by atoms with Crippen LogP contribution in [0.3, 0.4) is 0 Å². The van der Waals surface area contributed by atoms with Crippen LogP contribution < -0.4 is 11.3 Å². The van der Waals surface area contributed by atoms with E-state index in [1.165, 1.54) is 0 Å². The molecular weight excluding hydrogens is 234 g/mol. The van der Waals surface area contributed by atoms with Crippen LogP contribution >= 0.6 is 0 Å². The van der Waals surface area contributed by atoms with Crippen molar-refractivity contribution < 1.29 is 14.3 Å². The lowest BCUT2D eigenvalue weighted by Gasteiger charge is -2.39. The number of rotatable bonds is 3. The molecule has 0 aliphatic carbocycles. The van der Waals surface area contributed by atoms with Crippen molar-refractivity contribution in [2.75, 3.05) is 26.2 Å². The molecule has 6 heteroatoms. The number of hydrogen-bond donors (Lipinski definition) is 2. The van der Waals surface area contributed by atoms with E-state index >= 15 is 0 Å². The van der Waals surface area contributed by atoms with E-state index in [-0.39, 0.29) is 23.7 Å². The normalized spacial score (nSPS) is 32.4. The Balaban J connectivity index is 1.79. The van der Waals surface area contributed by atoms with Crippen molar-refractivity contribution in [2.45, 2.75) is 44.5 Å². The quantitative estimate of drug-likeness (QED) is 0.410. The number of carbonyl (C=O) groups is 1. The van der Waals surface area contributed by atoms with E-state index in [0.29, 0.717) is 0 Å². The lowest BCUT2D eigenvalue weighted by Crippen LogP contribution is -2.50. The van der Waals surface area contributed by atoms with Crippen LogP contribution in [-0.2, 0) is 14.3 Å². The summed E-state index contributed by atoms with van der Waals surface area (Å²) in [5, 5.41) is 0. The van der Waals surface area contributed by atoms with E-state index in [1.807, 2.05) is 0 Å². The molecule has 6 nitrogen and oxygen atoms in total. The van der Waals surface area contributed by atoms with E-state index in [9.17, 15) is 4.79 Å². The Morgan fingerprint density at radius 2 is 2.28 bits per heavy atom. The van der Waals surface area contributed by atoms with E-state index in [2.05, 4.69) is 24.2 Å². The van der Waals surface area contributed by atoms with E-state index in [0.717, 1.165) is 39.1 Å². The second-order valence-electron chi connectivity index (χ2n) is 5.68. The van der Waals surface area contributed by atoms with Gasteiger partial charge in [-0.3, -0.25) is 15.1 Å². The minimum Gasteiger partial charge on any atom is -0.373 e. The van der Waals surface area contributed by atoms with Crippen LogP contribution in [0.4, 0.5) is 0 Å². The summed E-state index contributed by atoms with van der Waals surface area (Å²) >= 11 is 0. The second-order valence-corrected chi connectivity index (χ2v) is 5.68. The molecule has 2 aliphatic heterocycles. The third kappa shape index (κ3) is 3.41. The maximum atomic E-state index is 11.4. The Hall–Kier alpha value is -0.690. The monoisotopic (exact) mass is 257 g/mol. The second kappa shape index (κ2) is 5.52. The number of nitrogens with one attached hydrogen (secondary N) is 1. The first-order valence-electron chi connectivity index (χ1n) is 6.52. The summed E-state index contributed by atoms with van der Waals surface area (Å²) < 4.78 is 11.4. The topological polar surface area (TPSA) is 76.8 Å². The molecule has 0 radical (unpaired) electrons. The SMILES string of the molecule is CC1(C)CN(CC2CCC(C(=O)NN)O2)CCO1. The van der Waals surface area contributed by atoms with Crippen molar-refractivity contribution in [3.8, 4) is 0 Å². The number of carbonyl (C=O) groups excluding carboxylic acids is 1. The number of hydrazine groups is 1. The maximum Gasteiger partial charge on any atom is 0.263 e. The minimum atomic E-state index is -0.381. The standard InChI is InChI=1S/C12H23N3O3/c1-12(2)8-15(5-6-17-12)7-9-3-4-10(18-9)11(16)14-13/h9-10H,3-8,13H2,1-2H3,(H,14,16). The molecule has 18 heavy (non-hydrogen) atoms. The first-order valence-corrected chi connectivity index (χ1v) is 6.52. The van der Waals surface area contributed by atoms with Gasteiger partial charge >= 0.3 is 0 Å². The molecule has 2 rings (SSSR count). The van der Waals surface area contributed by atoms with Gasteiger partial charge in [-0.05, 0) is 26.7 Å². The van der Waals surface area contributed by atoms with Crippen LogP contribution in [0.25, 0.3) is 0 Å². The van der Waals surface area contributed by atoms with Crippen LogP contribution in [0.15, 0.2) is 0 Å². The summed E-state index contributed by atoms with van der Waals surface area (Å²) in [5.74, 6) is 4.89. The van der Waals surface area contributed by atoms with Gasteiger partial charge in [0.2, 0.25) is 0 Å². The average Bonchev–Trinajstić information content (AvgIpc) is 2.75. The number of morpholine rings is 1. The van der Waals surface area contributed by atoms with Crippen molar-refractivity contribution >= 4 is 5.91 Å². The fourth-order valence-corrected chi connectivity index (χ4v) is 2.68. The largest absolute Gasteiger partial charge is 0.373 e. The first kappa shape index (κ1) is 13.7. The Kier molecular flexibility index (Phi) is 4.21. The lowest BCUT2D eigenvalue weighted by molar-refractivity contribution is -0.134. The van der Waals surface area contributed by atoms with Crippen molar-refractivity contribution in [3.05, 3.63) is 0 Å². The summed E-state index contributed by atoms with van der Waals surface area (Å²) in [6.07, 6.45) is 1.41. The first-order chi connectivity index (χ1) is 8.50. The van der Waals surface area contributed by atoms with E-state index in [4.69, 9.17) is 15.3 Å². The molecule has 0 aromatic rings. The lowest BCUT2D eigenvalue weighted by atomic mass is 10.1. The zero-order valence-corrected chi connectivity index (χ0v) is 11.1. The Morgan fingerprint density at radius 1 is 1.50 bits per heavy atom. The maximum absolute atomic E-state index is 11.4. The average molecular weight is 257 g/mol. The molecule has 2 fully saturated rings. The highest BCUT2D eigenvalue weighted by Crippen LogP contribution is 2.23. The Bertz CT molecular complexity index is 309. The van der Waals surface area contributed by atoms with Crippen molar-refractivity contribution in [3.63, 3.8) is 0 Å². The molecule has 2 unspecified atom stereocenters. The van der Waals surface area contributed by atoms with Crippen LogP contribution in [0.1, 0.15) is 26.7 Å². The number of amides is 1. The van der Waals surface area contributed by atoms with Crippen LogP contribution in [0.2, 0.25) is 0 Å². The van der Waals surface area contributed by atoms with Crippen LogP contribution in [-0.4, -0.2) is 54.9 Å². The predicted octanol–water partition coefficient (Wildman–Crippen LogP) is -0.365.